The lowest BCUT2D eigenvalue weighted by molar-refractivity contribution is 0.0524. The second-order valence-electron chi connectivity index (χ2n) is 3.80. The van der Waals surface area contributed by atoms with E-state index in [1.165, 1.54) is 32.1 Å². The standard InChI is InChI=1S/C8H14IN/c1-7-6-8(10(7)9)4-2-3-5-8/h7H,2-6H2,1H3/t7-/m1/s1. The van der Waals surface area contributed by atoms with E-state index < -0.39 is 0 Å². The van der Waals surface area contributed by atoms with Crippen molar-refractivity contribution in [1.29, 1.82) is 0 Å². The number of hydrogen-bond acceptors (Lipinski definition) is 1. The fraction of sp³-hybridized carbons (Fsp3) is 1.00. The number of nitrogens with zero attached hydrogens (tertiary/aromatic N) is 1. The predicted molar refractivity (Wildman–Crippen MR) is 51.1 cm³/mol. The summed E-state index contributed by atoms with van der Waals surface area (Å²) in [7, 11) is 0. The molecule has 10 heavy (non-hydrogen) atoms. The number of hydrogen-bond donors (Lipinski definition) is 0. The summed E-state index contributed by atoms with van der Waals surface area (Å²) in [6.07, 6.45) is 7.30. The van der Waals surface area contributed by atoms with Crippen molar-refractivity contribution in [2.75, 3.05) is 0 Å². The quantitative estimate of drug-likeness (QED) is 0.472. The van der Waals surface area contributed by atoms with Gasteiger partial charge in [-0.25, -0.2) is 3.11 Å². The molecule has 1 saturated carbocycles. The molecule has 1 aliphatic heterocycles. The van der Waals surface area contributed by atoms with Gasteiger partial charge in [0.1, 0.15) is 0 Å². The number of halogens is 1. The molecule has 1 aliphatic carbocycles. The Hall–Kier alpha value is 0.690. The summed E-state index contributed by atoms with van der Waals surface area (Å²) in [5.74, 6) is 0. The van der Waals surface area contributed by atoms with Crippen molar-refractivity contribution in [3.8, 4) is 0 Å². The van der Waals surface area contributed by atoms with Crippen molar-refractivity contribution < 1.29 is 0 Å². The van der Waals surface area contributed by atoms with Gasteiger partial charge in [-0.2, -0.15) is 0 Å². The van der Waals surface area contributed by atoms with Crippen molar-refractivity contribution in [3.05, 3.63) is 0 Å². The summed E-state index contributed by atoms with van der Waals surface area (Å²) < 4.78 is 2.55. The van der Waals surface area contributed by atoms with Crippen LogP contribution in [0.2, 0.25) is 0 Å². The first-order valence-electron chi connectivity index (χ1n) is 4.20. The molecule has 1 heterocycles. The molecule has 2 aliphatic rings. The lowest BCUT2D eigenvalue weighted by atomic mass is 9.81. The minimum absolute atomic E-state index is 0.667. The van der Waals surface area contributed by atoms with E-state index in [-0.39, 0.29) is 0 Å². The molecule has 1 spiro atoms. The molecule has 0 bridgehead atoms. The zero-order valence-electron chi connectivity index (χ0n) is 6.44. The summed E-state index contributed by atoms with van der Waals surface area (Å²) >= 11 is 2.51. The van der Waals surface area contributed by atoms with Gasteiger partial charge < -0.3 is 0 Å². The van der Waals surface area contributed by atoms with E-state index in [4.69, 9.17) is 0 Å². The Morgan fingerprint density at radius 1 is 1.40 bits per heavy atom. The van der Waals surface area contributed by atoms with Crippen molar-refractivity contribution >= 4 is 22.9 Å². The molecule has 0 unspecified atom stereocenters. The Morgan fingerprint density at radius 2 is 2.00 bits per heavy atom. The smallest absolute Gasteiger partial charge is 0.0323 e. The van der Waals surface area contributed by atoms with Gasteiger partial charge in [-0.05, 0) is 26.2 Å². The van der Waals surface area contributed by atoms with Crippen molar-refractivity contribution in [3.63, 3.8) is 0 Å². The third-order valence-electron chi connectivity index (χ3n) is 3.05. The highest BCUT2D eigenvalue weighted by Crippen LogP contribution is 2.50. The van der Waals surface area contributed by atoms with Crippen LogP contribution in [-0.2, 0) is 0 Å². The highest BCUT2D eigenvalue weighted by Gasteiger charge is 2.49. The van der Waals surface area contributed by atoms with Gasteiger partial charge in [0.15, 0.2) is 0 Å². The maximum Gasteiger partial charge on any atom is 0.0323 e. The van der Waals surface area contributed by atoms with E-state index in [2.05, 4.69) is 32.9 Å². The molecule has 0 amide bonds. The minimum Gasteiger partial charge on any atom is -0.238 e. The number of rotatable bonds is 0. The Morgan fingerprint density at radius 3 is 2.40 bits per heavy atom. The van der Waals surface area contributed by atoms with Crippen LogP contribution in [0.5, 0.6) is 0 Å². The van der Waals surface area contributed by atoms with Crippen LogP contribution in [0, 0.1) is 0 Å². The van der Waals surface area contributed by atoms with E-state index in [1.807, 2.05) is 0 Å². The molecular formula is C8H14IN. The van der Waals surface area contributed by atoms with Crippen molar-refractivity contribution in [2.45, 2.75) is 50.6 Å². The van der Waals surface area contributed by atoms with Gasteiger partial charge in [0.25, 0.3) is 0 Å². The van der Waals surface area contributed by atoms with Crippen molar-refractivity contribution in [2.24, 2.45) is 0 Å². The van der Waals surface area contributed by atoms with Crippen LogP contribution in [0.25, 0.3) is 0 Å². The molecule has 0 aromatic rings. The first-order chi connectivity index (χ1) is 4.75. The maximum atomic E-state index is 2.55. The highest BCUT2D eigenvalue weighted by molar-refractivity contribution is 14.1. The molecule has 1 atom stereocenters. The lowest BCUT2D eigenvalue weighted by Gasteiger charge is -2.52. The molecule has 2 heteroatoms. The van der Waals surface area contributed by atoms with Crippen LogP contribution in [0.1, 0.15) is 39.0 Å². The largest absolute Gasteiger partial charge is 0.238 e. The first kappa shape index (κ1) is 7.35. The fourth-order valence-corrected chi connectivity index (χ4v) is 3.40. The summed E-state index contributed by atoms with van der Waals surface area (Å²) in [6, 6.07) is 0.846. The van der Waals surface area contributed by atoms with E-state index in [1.54, 1.807) is 0 Å². The average Bonchev–Trinajstić information content (AvgIpc) is 2.38. The Kier molecular flexibility index (Phi) is 1.72. The van der Waals surface area contributed by atoms with Crippen LogP contribution in [0.15, 0.2) is 0 Å². The third kappa shape index (κ3) is 0.843. The van der Waals surface area contributed by atoms with Crippen LogP contribution >= 0.6 is 22.9 Å². The maximum absolute atomic E-state index is 2.55. The SMILES string of the molecule is C[C@@H]1CC2(CCCC2)N1I. The second kappa shape index (κ2) is 2.34. The monoisotopic (exact) mass is 251 g/mol. The molecule has 2 fully saturated rings. The van der Waals surface area contributed by atoms with Crippen LogP contribution in [0.4, 0.5) is 0 Å². The molecule has 58 valence electrons. The molecule has 0 aromatic heterocycles. The minimum atomic E-state index is 0.667. The van der Waals surface area contributed by atoms with Gasteiger partial charge in [-0.3, -0.25) is 0 Å². The zero-order valence-corrected chi connectivity index (χ0v) is 8.60. The molecule has 2 rings (SSSR count). The Labute approximate surface area is 76.7 Å². The second-order valence-corrected chi connectivity index (χ2v) is 4.84. The van der Waals surface area contributed by atoms with Crippen LogP contribution in [0.3, 0.4) is 0 Å². The fourth-order valence-electron chi connectivity index (χ4n) is 2.52. The lowest BCUT2D eigenvalue weighted by Crippen LogP contribution is -2.57. The summed E-state index contributed by atoms with van der Waals surface area (Å²) in [5.41, 5.74) is 0.667. The molecule has 1 saturated heterocycles. The predicted octanol–water partition coefficient (Wildman–Crippen LogP) is 2.74. The van der Waals surface area contributed by atoms with Gasteiger partial charge in [0, 0.05) is 34.4 Å². The van der Waals surface area contributed by atoms with E-state index in [9.17, 15) is 0 Å². The van der Waals surface area contributed by atoms with Gasteiger partial charge in [-0.15, -0.1) is 0 Å². The van der Waals surface area contributed by atoms with Gasteiger partial charge in [0.2, 0.25) is 0 Å². The molecule has 0 radical (unpaired) electrons. The third-order valence-corrected chi connectivity index (χ3v) is 5.02. The summed E-state index contributed by atoms with van der Waals surface area (Å²) in [6.45, 7) is 2.33. The van der Waals surface area contributed by atoms with Gasteiger partial charge >= 0.3 is 0 Å². The van der Waals surface area contributed by atoms with E-state index >= 15 is 0 Å². The molecule has 0 aromatic carbocycles. The van der Waals surface area contributed by atoms with Gasteiger partial charge in [0.05, 0.1) is 0 Å². The molecule has 0 N–H and O–H groups in total. The average molecular weight is 251 g/mol. The normalized spacial score (nSPS) is 38.4. The van der Waals surface area contributed by atoms with Crippen LogP contribution < -0.4 is 0 Å². The topological polar surface area (TPSA) is 3.24 Å². The Bertz CT molecular complexity index is 140. The van der Waals surface area contributed by atoms with E-state index in [0.29, 0.717) is 5.54 Å². The molecule has 1 nitrogen and oxygen atoms in total. The summed E-state index contributed by atoms with van der Waals surface area (Å²) in [4.78, 5) is 0. The van der Waals surface area contributed by atoms with E-state index in [0.717, 1.165) is 6.04 Å². The summed E-state index contributed by atoms with van der Waals surface area (Å²) in [5, 5.41) is 0. The molecular weight excluding hydrogens is 237 g/mol. The first-order valence-corrected chi connectivity index (χ1v) is 5.16. The van der Waals surface area contributed by atoms with Gasteiger partial charge in [-0.1, -0.05) is 12.8 Å². The van der Waals surface area contributed by atoms with Crippen LogP contribution in [-0.4, -0.2) is 14.7 Å². The highest BCUT2D eigenvalue weighted by atomic mass is 127. The Balaban J connectivity index is 2.05. The van der Waals surface area contributed by atoms with Crippen molar-refractivity contribution in [1.82, 2.24) is 3.11 Å². The zero-order chi connectivity index (χ0) is 7.19.